The zero-order chi connectivity index (χ0) is 28.4. The highest BCUT2D eigenvalue weighted by Gasteiger charge is 2.61. The molecule has 1 aromatic heterocycles. The predicted molar refractivity (Wildman–Crippen MR) is 155 cm³/mol. The second-order valence-corrected chi connectivity index (χ2v) is 11.3. The molecule has 1 amide bonds. The lowest BCUT2D eigenvalue weighted by atomic mass is 9.84. The van der Waals surface area contributed by atoms with E-state index in [9.17, 15) is 19.5 Å². The molecule has 1 N–H and O–H groups in total. The van der Waals surface area contributed by atoms with Gasteiger partial charge in [-0.15, -0.1) is 0 Å². The lowest BCUT2D eigenvalue weighted by Crippen LogP contribution is -2.38. The van der Waals surface area contributed by atoms with Crippen LogP contribution < -0.4 is 14.2 Å². The number of aromatic nitrogens is 1. The van der Waals surface area contributed by atoms with E-state index in [1.54, 1.807) is 25.1 Å². The SMILES string of the molecule is C.CCOc1cc(O[C@@H]2C[C@H]3C(=O)C[C@]4(C(=O)O)C[C@H]4/C=C\CCCCN(C)C(=O)[C@@H]3C2)c2ccc(OC)cc2n1. The van der Waals surface area contributed by atoms with Crippen LogP contribution in [0.1, 0.15) is 59.3 Å². The van der Waals surface area contributed by atoms with Gasteiger partial charge >= 0.3 is 5.97 Å². The monoisotopic (exact) mass is 566 g/mol. The maximum absolute atomic E-state index is 13.7. The van der Waals surface area contributed by atoms with Crippen molar-refractivity contribution in [3.63, 3.8) is 0 Å². The minimum absolute atomic E-state index is 0. The number of Topliss-reactive ketones (excluding diaryl/α,β-unsaturated/α-hetero) is 1. The van der Waals surface area contributed by atoms with Gasteiger partial charge < -0.3 is 24.2 Å². The van der Waals surface area contributed by atoms with Crippen LogP contribution in [0.2, 0.25) is 0 Å². The fraction of sp³-hybridized carbons (Fsp3) is 0.562. The Morgan fingerprint density at radius 2 is 1.95 bits per heavy atom. The summed E-state index contributed by atoms with van der Waals surface area (Å²) >= 11 is 0. The first kappa shape index (κ1) is 30.3. The minimum Gasteiger partial charge on any atom is -0.497 e. The second kappa shape index (κ2) is 12.5. The molecule has 41 heavy (non-hydrogen) atoms. The number of nitrogens with zero attached hydrogens (tertiary/aromatic N) is 2. The highest BCUT2D eigenvalue weighted by atomic mass is 16.5. The van der Waals surface area contributed by atoms with E-state index in [1.165, 1.54) is 0 Å². The van der Waals surface area contributed by atoms with Gasteiger partial charge in [-0.1, -0.05) is 19.6 Å². The predicted octanol–water partition coefficient (Wildman–Crippen LogP) is 5.30. The van der Waals surface area contributed by atoms with Crippen LogP contribution in [0.25, 0.3) is 10.9 Å². The topological polar surface area (TPSA) is 115 Å². The smallest absolute Gasteiger partial charge is 0.310 e. The zero-order valence-electron chi connectivity index (χ0n) is 23.4. The van der Waals surface area contributed by atoms with Crippen molar-refractivity contribution in [2.45, 2.75) is 65.4 Å². The van der Waals surface area contributed by atoms with E-state index in [2.05, 4.69) is 4.98 Å². The third-order valence-electron chi connectivity index (χ3n) is 8.70. The van der Waals surface area contributed by atoms with Crippen LogP contribution >= 0.6 is 0 Å². The molecule has 2 aromatic rings. The van der Waals surface area contributed by atoms with Crippen LogP contribution in [-0.4, -0.2) is 66.1 Å². The van der Waals surface area contributed by atoms with Crippen LogP contribution in [0, 0.1) is 23.2 Å². The minimum atomic E-state index is -1.07. The zero-order valence-corrected chi connectivity index (χ0v) is 23.4. The normalized spacial score (nSPS) is 29.0. The number of carbonyl (C=O) groups is 3. The number of carboxylic acids is 1. The Bertz CT molecular complexity index is 1320. The molecule has 0 radical (unpaired) electrons. The Morgan fingerprint density at radius 1 is 1.17 bits per heavy atom. The maximum Gasteiger partial charge on any atom is 0.310 e. The summed E-state index contributed by atoms with van der Waals surface area (Å²) in [6.07, 6.45) is 7.33. The van der Waals surface area contributed by atoms with Gasteiger partial charge in [-0.3, -0.25) is 14.4 Å². The molecular weight excluding hydrogens is 524 g/mol. The number of carboxylic acid groups (broad SMARTS) is 1. The van der Waals surface area contributed by atoms with Crippen molar-refractivity contribution < 1.29 is 33.7 Å². The molecule has 2 aliphatic carbocycles. The highest BCUT2D eigenvalue weighted by molar-refractivity contribution is 5.94. The number of allylic oxidation sites excluding steroid dienone is 2. The average molecular weight is 567 g/mol. The van der Waals surface area contributed by atoms with Gasteiger partial charge in [0.1, 0.15) is 23.4 Å². The number of pyridine rings is 1. The molecule has 5 atom stereocenters. The van der Waals surface area contributed by atoms with E-state index in [0.29, 0.717) is 55.3 Å². The maximum atomic E-state index is 13.7. The van der Waals surface area contributed by atoms with Gasteiger partial charge in [0.25, 0.3) is 0 Å². The van der Waals surface area contributed by atoms with Crippen molar-refractivity contribution in [1.29, 1.82) is 0 Å². The van der Waals surface area contributed by atoms with E-state index >= 15 is 0 Å². The highest BCUT2D eigenvalue weighted by Crippen LogP contribution is 2.57. The van der Waals surface area contributed by atoms with Gasteiger partial charge in [-0.2, -0.15) is 0 Å². The number of ketones is 1. The molecule has 222 valence electrons. The van der Waals surface area contributed by atoms with Gasteiger partial charge in [0.05, 0.1) is 30.6 Å². The number of methoxy groups -OCH3 is 1. The van der Waals surface area contributed by atoms with Crippen molar-refractivity contribution >= 4 is 28.6 Å². The lowest BCUT2D eigenvalue weighted by molar-refractivity contribution is -0.147. The van der Waals surface area contributed by atoms with Crippen molar-refractivity contribution in [2.75, 3.05) is 27.3 Å². The molecule has 2 fully saturated rings. The summed E-state index contributed by atoms with van der Waals surface area (Å²) < 4.78 is 17.5. The van der Waals surface area contributed by atoms with E-state index in [1.807, 2.05) is 37.3 Å². The Labute approximate surface area is 241 Å². The number of hydrogen-bond donors (Lipinski definition) is 1. The molecule has 1 aliphatic heterocycles. The Morgan fingerprint density at radius 3 is 2.68 bits per heavy atom. The third-order valence-corrected chi connectivity index (χ3v) is 8.70. The van der Waals surface area contributed by atoms with Crippen molar-refractivity contribution in [3.05, 3.63) is 36.4 Å². The third kappa shape index (κ3) is 6.19. The van der Waals surface area contributed by atoms with Crippen LogP contribution in [0.4, 0.5) is 0 Å². The van der Waals surface area contributed by atoms with Crippen molar-refractivity contribution in [3.8, 4) is 17.4 Å². The molecule has 2 heterocycles. The summed E-state index contributed by atoms with van der Waals surface area (Å²) in [5.41, 5.74) is -0.414. The number of carbonyl (C=O) groups excluding carboxylic acids is 2. The molecular formula is C32H42N2O7. The Balaban J connectivity index is 0.00000387. The number of aliphatic carboxylic acids is 1. The number of ether oxygens (including phenoxy) is 3. The Hall–Kier alpha value is -3.62. The largest absolute Gasteiger partial charge is 0.497 e. The number of rotatable bonds is 6. The van der Waals surface area contributed by atoms with E-state index in [0.717, 1.165) is 24.6 Å². The Kier molecular flexibility index (Phi) is 9.24. The number of amides is 1. The van der Waals surface area contributed by atoms with Gasteiger partial charge in [-0.05, 0) is 63.5 Å². The van der Waals surface area contributed by atoms with Crippen molar-refractivity contribution in [1.82, 2.24) is 9.88 Å². The van der Waals surface area contributed by atoms with Crippen LogP contribution in [0.3, 0.4) is 0 Å². The van der Waals surface area contributed by atoms with E-state index in [4.69, 9.17) is 14.2 Å². The fourth-order valence-corrected chi connectivity index (χ4v) is 6.31. The average Bonchev–Trinajstić information content (AvgIpc) is 3.47. The van der Waals surface area contributed by atoms with Gasteiger partial charge in [-0.25, -0.2) is 4.98 Å². The molecule has 0 unspecified atom stereocenters. The van der Waals surface area contributed by atoms with Gasteiger partial charge in [0.15, 0.2) is 0 Å². The first-order chi connectivity index (χ1) is 19.3. The second-order valence-electron chi connectivity index (χ2n) is 11.3. The molecule has 9 heteroatoms. The van der Waals surface area contributed by atoms with Crippen molar-refractivity contribution in [2.24, 2.45) is 23.2 Å². The molecule has 5 rings (SSSR count). The summed E-state index contributed by atoms with van der Waals surface area (Å²) in [5, 5.41) is 10.8. The molecule has 1 aromatic carbocycles. The standard InChI is InChI=1S/C31H38N2O7.CH4/c1-4-39-28-16-27(22-11-10-20(38-3)15-25(22)32-28)40-21-13-23-24(14-21)29(35)33(2)12-8-6-5-7-9-19-17-31(19,30(36)37)18-26(23)34;/h7,9-11,15-16,19,21,23-24H,4-6,8,12-14,17-18H2,1-3H3,(H,36,37);1H4/b9-7-;/t19-,21-,23-,24-,31-;/m1./s1. The summed E-state index contributed by atoms with van der Waals surface area (Å²) in [5.74, 6) is -0.820. The molecule has 0 bridgehead atoms. The van der Waals surface area contributed by atoms with Gasteiger partial charge in [0, 0.05) is 43.5 Å². The van der Waals surface area contributed by atoms with Crippen LogP contribution in [0.5, 0.6) is 17.4 Å². The molecule has 9 nitrogen and oxygen atoms in total. The number of fused-ring (bicyclic) bond motifs is 3. The summed E-state index contributed by atoms with van der Waals surface area (Å²) in [6, 6.07) is 7.26. The molecule has 0 saturated heterocycles. The first-order valence-electron chi connectivity index (χ1n) is 14.2. The molecule has 3 aliphatic rings. The number of benzene rings is 1. The van der Waals surface area contributed by atoms with Crippen LogP contribution in [-0.2, 0) is 14.4 Å². The molecule has 0 spiro atoms. The quantitative estimate of drug-likeness (QED) is 0.469. The molecule has 2 saturated carbocycles. The van der Waals surface area contributed by atoms with E-state index < -0.39 is 29.3 Å². The summed E-state index contributed by atoms with van der Waals surface area (Å²) in [6.45, 7) is 2.93. The van der Waals surface area contributed by atoms with E-state index in [-0.39, 0.29) is 31.5 Å². The first-order valence-corrected chi connectivity index (χ1v) is 14.2. The van der Waals surface area contributed by atoms with Crippen LogP contribution in [0.15, 0.2) is 36.4 Å². The van der Waals surface area contributed by atoms with Gasteiger partial charge in [0.2, 0.25) is 11.8 Å². The lowest BCUT2D eigenvalue weighted by Gasteiger charge is -2.25. The summed E-state index contributed by atoms with van der Waals surface area (Å²) in [4.78, 5) is 45.9. The summed E-state index contributed by atoms with van der Waals surface area (Å²) in [7, 11) is 3.38. The number of hydrogen-bond acceptors (Lipinski definition) is 7. The fourth-order valence-electron chi connectivity index (χ4n) is 6.31.